The van der Waals surface area contributed by atoms with Crippen LogP contribution in [0.2, 0.25) is 0 Å². The highest BCUT2D eigenvalue weighted by atomic mass is 16.2. The van der Waals surface area contributed by atoms with Gasteiger partial charge in [0.2, 0.25) is 0 Å². The topological polar surface area (TPSA) is 45.6 Å². The SMILES string of the molecule is O=C1c2ccccc2C(=Nc2ccncc2)N1Cc1ccccc1. The summed E-state index contributed by atoms with van der Waals surface area (Å²) in [6.07, 6.45) is 3.40. The van der Waals surface area contributed by atoms with Crippen LogP contribution in [0, 0.1) is 0 Å². The fourth-order valence-corrected chi connectivity index (χ4v) is 2.83. The van der Waals surface area contributed by atoms with Crippen LogP contribution < -0.4 is 0 Å². The van der Waals surface area contributed by atoms with E-state index in [9.17, 15) is 4.79 Å². The van der Waals surface area contributed by atoms with Gasteiger partial charge < -0.3 is 0 Å². The lowest BCUT2D eigenvalue weighted by Gasteiger charge is -2.17. The Morgan fingerprint density at radius 1 is 0.833 bits per heavy atom. The summed E-state index contributed by atoms with van der Waals surface area (Å²) >= 11 is 0. The molecule has 0 saturated carbocycles. The maximum absolute atomic E-state index is 12.8. The van der Waals surface area contributed by atoms with Crippen LogP contribution in [0.5, 0.6) is 0 Å². The van der Waals surface area contributed by atoms with E-state index in [-0.39, 0.29) is 5.91 Å². The zero-order valence-electron chi connectivity index (χ0n) is 13.0. The average Bonchev–Trinajstić information content (AvgIpc) is 2.90. The molecule has 24 heavy (non-hydrogen) atoms. The number of amidine groups is 1. The Labute approximate surface area is 140 Å². The molecule has 0 radical (unpaired) electrons. The van der Waals surface area contributed by atoms with E-state index in [0.717, 1.165) is 16.8 Å². The number of amides is 1. The molecule has 116 valence electrons. The average molecular weight is 313 g/mol. The first-order valence-corrected chi connectivity index (χ1v) is 7.77. The minimum Gasteiger partial charge on any atom is -0.288 e. The smallest absolute Gasteiger partial charge is 0.260 e. The van der Waals surface area contributed by atoms with Crippen LogP contribution in [0.15, 0.2) is 84.1 Å². The predicted octanol–water partition coefficient (Wildman–Crippen LogP) is 3.82. The molecule has 3 aromatic rings. The molecular weight excluding hydrogens is 298 g/mol. The molecule has 1 aromatic heterocycles. The summed E-state index contributed by atoms with van der Waals surface area (Å²) < 4.78 is 0. The lowest BCUT2D eigenvalue weighted by Crippen LogP contribution is -2.29. The van der Waals surface area contributed by atoms with Crippen molar-refractivity contribution in [1.82, 2.24) is 9.88 Å². The maximum Gasteiger partial charge on any atom is 0.260 e. The van der Waals surface area contributed by atoms with Gasteiger partial charge >= 0.3 is 0 Å². The minimum absolute atomic E-state index is 0.0118. The highest BCUT2D eigenvalue weighted by molar-refractivity contribution is 6.23. The quantitative estimate of drug-likeness (QED) is 0.738. The molecule has 1 aliphatic rings. The van der Waals surface area contributed by atoms with Crippen molar-refractivity contribution in [2.75, 3.05) is 0 Å². The van der Waals surface area contributed by atoms with Gasteiger partial charge in [-0.25, -0.2) is 4.99 Å². The molecule has 0 spiro atoms. The first-order chi connectivity index (χ1) is 11.8. The number of nitrogens with zero attached hydrogens (tertiary/aromatic N) is 3. The molecule has 1 amide bonds. The van der Waals surface area contributed by atoms with Crippen LogP contribution in [0.4, 0.5) is 5.69 Å². The van der Waals surface area contributed by atoms with Gasteiger partial charge in [0, 0.05) is 18.0 Å². The second kappa shape index (κ2) is 6.08. The summed E-state index contributed by atoms with van der Waals surface area (Å²) in [7, 11) is 0. The van der Waals surface area contributed by atoms with Crippen molar-refractivity contribution in [2.45, 2.75) is 6.54 Å². The van der Waals surface area contributed by atoms with E-state index in [1.807, 2.05) is 66.7 Å². The molecule has 4 rings (SSSR count). The number of carbonyl (C=O) groups excluding carboxylic acids is 1. The Morgan fingerprint density at radius 3 is 2.25 bits per heavy atom. The first-order valence-electron chi connectivity index (χ1n) is 7.77. The molecule has 0 aliphatic carbocycles. The monoisotopic (exact) mass is 313 g/mol. The third-order valence-corrected chi connectivity index (χ3v) is 3.98. The number of carbonyl (C=O) groups is 1. The van der Waals surface area contributed by atoms with E-state index in [4.69, 9.17) is 4.99 Å². The molecule has 0 unspecified atom stereocenters. The summed E-state index contributed by atoms with van der Waals surface area (Å²) in [4.78, 5) is 23.3. The molecule has 0 saturated heterocycles. The number of fused-ring (bicyclic) bond motifs is 1. The van der Waals surface area contributed by atoms with Crippen molar-refractivity contribution < 1.29 is 4.79 Å². The Bertz CT molecular complexity index is 904. The second-order valence-electron chi connectivity index (χ2n) is 5.56. The Hall–Kier alpha value is -3.27. The van der Waals surface area contributed by atoms with Crippen LogP contribution in [0.3, 0.4) is 0 Å². The Kier molecular flexibility index (Phi) is 3.63. The number of pyridine rings is 1. The summed E-state index contributed by atoms with van der Waals surface area (Å²) in [5.41, 5.74) is 3.42. The molecule has 0 bridgehead atoms. The zero-order chi connectivity index (χ0) is 16.4. The summed E-state index contributed by atoms with van der Waals surface area (Å²) in [5, 5.41) is 0. The normalized spacial score (nSPS) is 14.9. The molecule has 0 N–H and O–H groups in total. The standard InChI is InChI=1S/C20H15N3O/c24-20-18-9-5-4-8-17(18)19(22-16-10-12-21-13-11-16)23(20)14-15-6-2-1-3-7-15/h1-13H,14H2. The highest BCUT2D eigenvalue weighted by Gasteiger charge is 2.33. The Morgan fingerprint density at radius 2 is 1.50 bits per heavy atom. The van der Waals surface area contributed by atoms with Gasteiger partial charge in [-0.15, -0.1) is 0 Å². The van der Waals surface area contributed by atoms with Gasteiger partial charge in [-0.1, -0.05) is 48.5 Å². The molecule has 0 atom stereocenters. The summed E-state index contributed by atoms with van der Waals surface area (Å²) in [6.45, 7) is 0.498. The minimum atomic E-state index is -0.0118. The van der Waals surface area contributed by atoms with E-state index in [1.54, 1.807) is 17.3 Å². The van der Waals surface area contributed by atoms with Crippen molar-refractivity contribution in [3.05, 3.63) is 95.8 Å². The molecule has 2 heterocycles. The zero-order valence-corrected chi connectivity index (χ0v) is 13.0. The van der Waals surface area contributed by atoms with E-state index in [0.29, 0.717) is 17.9 Å². The fraction of sp³-hybridized carbons (Fsp3) is 0.0500. The van der Waals surface area contributed by atoms with Crippen LogP contribution in [-0.4, -0.2) is 21.6 Å². The molecular formula is C20H15N3O. The van der Waals surface area contributed by atoms with Gasteiger partial charge in [0.15, 0.2) is 0 Å². The third kappa shape index (κ3) is 2.58. The van der Waals surface area contributed by atoms with Crippen molar-refractivity contribution >= 4 is 17.4 Å². The number of rotatable bonds is 3. The number of hydrogen-bond acceptors (Lipinski definition) is 3. The summed E-state index contributed by atoms with van der Waals surface area (Å²) in [5.74, 6) is 0.674. The number of benzene rings is 2. The molecule has 4 nitrogen and oxygen atoms in total. The van der Waals surface area contributed by atoms with Crippen LogP contribution in [-0.2, 0) is 6.54 Å². The van der Waals surface area contributed by atoms with E-state index in [1.165, 1.54) is 0 Å². The van der Waals surface area contributed by atoms with Gasteiger partial charge in [0.1, 0.15) is 5.84 Å². The van der Waals surface area contributed by atoms with Gasteiger partial charge in [0.05, 0.1) is 17.8 Å². The van der Waals surface area contributed by atoms with Crippen LogP contribution >= 0.6 is 0 Å². The van der Waals surface area contributed by atoms with Gasteiger partial charge in [-0.2, -0.15) is 0 Å². The van der Waals surface area contributed by atoms with E-state index >= 15 is 0 Å². The van der Waals surface area contributed by atoms with Gasteiger partial charge in [-0.05, 0) is 23.8 Å². The van der Waals surface area contributed by atoms with E-state index in [2.05, 4.69) is 4.98 Å². The Balaban J connectivity index is 1.79. The maximum atomic E-state index is 12.8. The van der Waals surface area contributed by atoms with Crippen molar-refractivity contribution in [1.29, 1.82) is 0 Å². The lowest BCUT2D eigenvalue weighted by molar-refractivity contribution is 0.0853. The molecule has 4 heteroatoms. The largest absolute Gasteiger partial charge is 0.288 e. The van der Waals surface area contributed by atoms with Crippen molar-refractivity contribution in [2.24, 2.45) is 4.99 Å². The van der Waals surface area contributed by atoms with E-state index < -0.39 is 0 Å². The molecule has 0 fully saturated rings. The first kappa shape index (κ1) is 14.3. The summed E-state index contributed by atoms with van der Waals surface area (Å²) in [6, 6.07) is 21.2. The van der Waals surface area contributed by atoms with Crippen LogP contribution in [0.1, 0.15) is 21.5 Å². The lowest BCUT2D eigenvalue weighted by atomic mass is 10.1. The number of aromatic nitrogens is 1. The molecule has 2 aromatic carbocycles. The van der Waals surface area contributed by atoms with Crippen molar-refractivity contribution in [3.8, 4) is 0 Å². The van der Waals surface area contributed by atoms with Crippen LogP contribution in [0.25, 0.3) is 0 Å². The second-order valence-corrected chi connectivity index (χ2v) is 5.56. The number of aliphatic imine (C=N–C) groups is 1. The third-order valence-electron chi connectivity index (χ3n) is 3.98. The van der Waals surface area contributed by atoms with Crippen molar-refractivity contribution in [3.63, 3.8) is 0 Å². The molecule has 1 aliphatic heterocycles. The number of hydrogen-bond donors (Lipinski definition) is 0. The van der Waals surface area contributed by atoms with Gasteiger partial charge in [-0.3, -0.25) is 14.7 Å². The fourth-order valence-electron chi connectivity index (χ4n) is 2.83. The predicted molar refractivity (Wildman–Crippen MR) is 93.2 cm³/mol. The van der Waals surface area contributed by atoms with Gasteiger partial charge in [0.25, 0.3) is 5.91 Å². The highest BCUT2D eigenvalue weighted by Crippen LogP contribution is 2.27.